The molecule has 0 saturated heterocycles. The molecule has 1 heterocycles. The zero-order valence-corrected chi connectivity index (χ0v) is 12.5. The van der Waals surface area contributed by atoms with Gasteiger partial charge in [-0.15, -0.1) is 0 Å². The van der Waals surface area contributed by atoms with Gasteiger partial charge < -0.3 is 9.88 Å². The van der Waals surface area contributed by atoms with Crippen LogP contribution in [0.5, 0.6) is 0 Å². The van der Waals surface area contributed by atoms with Crippen LogP contribution in [0.2, 0.25) is 0 Å². The van der Waals surface area contributed by atoms with Gasteiger partial charge in [0.2, 0.25) is 0 Å². The molecule has 0 atom stereocenters. The molecule has 1 aliphatic carbocycles. The smallest absolute Gasteiger partial charge is 0.255 e. The molecule has 0 saturated carbocycles. The second kappa shape index (κ2) is 6.38. The number of fused-ring (bicyclic) bond motifs is 1. The number of aromatic nitrogens is 1. The summed E-state index contributed by atoms with van der Waals surface area (Å²) in [5.41, 5.74) is 3.85. The van der Waals surface area contributed by atoms with Crippen molar-refractivity contribution >= 4 is 0 Å². The van der Waals surface area contributed by atoms with Gasteiger partial charge in [0, 0.05) is 24.3 Å². The summed E-state index contributed by atoms with van der Waals surface area (Å²) in [4.78, 5) is 12.6. The van der Waals surface area contributed by atoms with Crippen molar-refractivity contribution in [2.75, 3.05) is 6.54 Å². The molecule has 1 aliphatic rings. The molecular formula is C16H26N2O. The van der Waals surface area contributed by atoms with Gasteiger partial charge in [0.05, 0.1) is 0 Å². The van der Waals surface area contributed by atoms with E-state index in [9.17, 15) is 4.79 Å². The topological polar surface area (TPSA) is 34.0 Å². The molecule has 0 unspecified atom stereocenters. The minimum Gasteiger partial charge on any atom is -0.312 e. The maximum atomic E-state index is 12.6. The third-order valence-electron chi connectivity index (χ3n) is 3.71. The predicted octanol–water partition coefficient (Wildman–Crippen LogP) is 2.49. The van der Waals surface area contributed by atoms with Crippen LogP contribution in [0, 0.1) is 5.92 Å². The molecule has 1 aromatic rings. The second-order valence-corrected chi connectivity index (χ2v) is 5.98. The zero-order valence-electron chi connectivity index (χ0n) is 12.5. The summed E-state index contributed by atoms with van der Waals surface area (Å²) in [7, 11) is 0. The molecule has 0 spiro atoms. The van der Waals surface area contributed by atoms with E-state index in [0.717, 1.165) is 37.9 Å². The number of hydrogen-bond donors (Lipinski definition) is 1. The third kappa shape index (κ3) is 3.27. The van der Waals surface area contributed by atoms with Crippen LogP contribution in [0.3, 0.4) is 0 Å². The summed E-state index contributed by atoms with van der Waals surface area (Å²) in [6.07, 6.45) is 4.50. The quantitative estimate of drug-likeness (QED) is 0.799. The van der Waals surface area contributed by atoms with Crippen molar-refractivity contribution in [1.29, 1.82) is 0 Å². The van der Waals surface area contributed by atoms with Gasteiger partial charge in [-0.3, -0.25) is 4.79 Å². The summed E-state index contributed by atoms with van der Waals surface area (Å²) in [5.74, 6) is 0.515. The lowest BCUT2D eigenvalue weighted by Crippen LogP contribution is -2.31. The van der Waals surface area contributed by atoms with Crippen LogP contribution in [-0.4, -0.2) is 11.1 Å². The van der Waals surface area contributed by atoms with E-state index in [1.165, 1.54) is 17.7 Å². The molecular weight excluding hydrogens is 236 g/mol. The molecule has 2 rings (SSSR count). The van der Waals surface area contributed by atoms with Gasteiger partial charge in [-0.05, 0) is 49.8 Å². The van der Waals surface area contributed by atoms with Crippen LogP contribution in [0.1, 0.15) is 50.4 Å². The summed E-state index contributed by atoms with van der Waals surface area (Å²) in [5, 5.41) is 3.35. The van der Waals surface area contributed by atoms with Crippen molar-refractivity contribution in [2.45, 2.75) is 59.5 Å². The van der Waals surface area contributed by atoms with Gasteiger partial charge in [-0.1, -0.05) is 20.8 Å². The minimum absolute atomic E-state index is 0.220. The Balaban J connectivity index is 2.32. The average Bonchev–Trinajstić information content (AvgIpc) is 2.82. The number of aryl methyl sites for hydroxylation is 1. The molecule has 0 amide bonds. The first-order valence-corrected chi connectivity index (χ1v) is 7.58. The van der Waals surface area contributed by atoms with Crippen molar-refractivity contribution < 1.29 is 0 Å². The maximum absolute atomic E-state index is 12.6. The number of nitrogens with one attached hydrogen (secondary N) is 1. The lowest BCUT2D eigenvalue weighted by atomic mass is 10.1. The SMILES string of the molecule is CCCNCc1cc2c(n(CC(C)C)c1=O)CCC2. The molecule has 1 aromatic heterocycles. The molecule has 3 heteroatoms. The van der Waals surface area contributed by atoms with Crippen LogP contribution < -0.4 is 10.9 Å². The van der Waals surface area contributed by atoms with E-state index >= 15 is 0 Å². The van der Waals surface area contributed by atoms with E-state index in [-0.39, 0.29) is 5.56 Å². The lowest BCUT2D eigenvalue weighted by molar-refractivity contribution is 0.493. The van der Waals surface area contributed by atoms with E-state index < -0.39 is 0 Å². The van der Waals surface area contributed by atoms with E-state index in [0.29, 0.717) is 12.5 Å². The van der Waals surface area contributed by atoms with E-state index in [2.05, 4.69) is 32.2 Å². The molecule has 0 aromatic carbocycles. The highest BCUT2D eigenvalue weighted by molar-refractivity contribution is 5.30. The normalized spacial score (nSPS) is 14.1. The Morgan fingerprint density at radius 2 is 2.16 bits per heavy atom. The third-order valence-corrected chi connectivity index (χ3v) is 3.71. The van der Waals surface area contributed by atoms with Crippen molar-refractivity contribution in [3.05, 3.63) is 33.2 Å². The van der Waals surface area contributed by atoms with Crippen molar-refractivity contribution in [1.82, 2.24) is 9.88 Å². The summed E-state index contributed by atoms with van der Waals surface area (Å²) in [6.45, 7) is 9.03. The maximum Gasteiger partial charge on any atom is 0.255 e. The number of pyridine rings is 1. The monoisotopic (exact) mass is 262 g/mol. The van der Waals surface area contributed by atoms with Crippen molar-refractivity contribution in [2.24, 2.45) is 5.92 Å². The first kappa shape index (κ1) is 14.3. The van der Waals surface area contributed by atoms with Crippen molar-refractivity contribution in [3.63, 3.8) is 0 Å². The summed E-state index contributed by atoms with van der Waals surface area (Å²) >= 11 is 0. The number of nitrogens with zero attached hydrogens (tertiary/aromatic N) is 1. The van der Waals surface area contributed by atoms with Gasteiger partial charge >= 0.3 is 0 Å². The van der Waals surface area contributed by atoms with Crippen LogP contribution in [-0.2, 0) is 25.9 Å². The first-order valence-electron chi connectivity index (χ1n) is 7.58. The van der Waals surface area contributed by atoms with E-state index in [1.54, 1.807) is 0 Å². The van der Waals surface area contributed by atoms with Gasteiger partial charge in [-0.25, -0.2) is 0 Å². The Labute approximate surface area is 116 Å². The minimum atomic E-state index is 0.220. The Morgan fingerprint density at radius 1 is 1.37 bits per heavy atom. The van der Waals surface area contributed by atoms with Crippen molar-refractivity contribution in [3.8, 4) is 0 Å². The fourth-order valence-corrected chi connectivity index (χ4v) is 2.87. The molecule has 19 heavy (non-hydrogen) atoms. The average molecular weight is 262 g/mol. The van der Waals surface area contributed by atoms with Crippen LogP contribution in [0.4, 0.5) is 0 Å². The first-order chi connectivity index (χ1) is 9.13. The molecule has 0 bridgehead atoms. The van der Waals surface area contributed by atoms with Gasteiger partial charge in [0.25, 0.3) is 5.56 Å². The standard InChI is InChI=1S/C16H26N2O/c1-4-8-17-10-14-9-13-6-5-7-15(13)18(16(14)19)11-12(2)3/h9,12,17H,4-8,10-11H2,1-3H3. The largest absolute Gasteiger partial charge is 0.312 e. The van der Waals surface area contributed by atoms with Crippen LogP contribution in [0.15, 0.2) is 10.9 Å². The highest BCUT2D eigenvalue weighted by atomic mass is 16.1. The Bertz CT molecular complexity index is 488. The molecule has 1 N–H and O–H groups in total. The highest BCUT2D eigenvalue weighted by Crippen LogP contribution is 2.22. The fraction of sp³-hybridized carbons (Fsp3) is 0.688. The molecule has 0 fully saturated rings. The fourth-order valence-electron chi connectivity index (χ4n) is 2.87. The Morgan fingerprint density at radius 3 is 2.84 bits per heavy atom. The van der Waals surface area contributed by atoms with Gasteiger partial charge in [-0.2, -0.15) is 0 Å². The van der Waals surface area contributed by atoms with Gasteiger partial charge in [0.15, 0.2) is 0 Å². The lowest BCUT2D eigenvalue weighted by Gasteiger charge is -2.16. The second-order valence-electron chi connectivity index (χ2n) is 5.98. The predicted molar refractivity (Wildman–Crippen MR) is 79.6 cm³/mol. The molecule has 0 radical (unpaired) electrons. The zero-order chi connectivity index (χ0) is 13.8. The summed E-state index contributed by atoms with van der Waals surface area (Å²) < 4.78 is 2.04. The Kier molecular flexibility index (Phi) is 4.81. The number of hydrogen-bond acceptors (Lipinski definition) is 2. The van der Waals surface area contributed by atoms with Crippen LogP contribution >= 0.6 is 0 Å². The number of rotatable bonds is 6. The Hall–Kier alpha value is -1.09. The van der Waals surface area contributed by atoms with Gasteiger partial charge in [0.1, 0.15) is 0 Å². The van der Waals surface area contributed by atoms with E-state index in [1.807, 2.05) is 4.57 Å². The molecule has 0 aliphatic heterocycles. The molecule has 3 nitrogen and oxygen atoms in total. The van der Waals surface area contributed by atoms with E-state index in [4.69, 9.17) is 0 Å². The van der Waals surface area contributed by atoms with Crippen LogP contribution in [0.25, 0.3) is 0 Å². The molecule has 106 valence electrons. The highest BCUT2D eigenvalue weighted by Gasteiger charge is 2.19. The summed E-state index contributed by atoms with van der Waals surface area (Å²) in [6, 6.07) is 2.14.